The van der Waals surface area contributed by atoms with E-state index in [1.165, 1.54) is 0 Å². The van der Waals surface area contributed by atoms with E-state index in [2.05, 4.69) is 11.1 Å². The number of methoxy groups -OCH3 is 1. The van der Waals surface area contributed by atoms with Crippen molar-refractivity contribution in [2.75, 3.05) is 7.11 Å². The SMILES string of the molecule is COc1ccccc1-c1nc(C)cc(Cc2cc(C)cc(O)c2)n1. The fourth-order valence-corrected chi connectivity index (χ4v) is 2.83. The second-order valence-corrected chi connectivity index (χ2v) is 5.88. The van der Waals surface area contributed by atoms with Crippen LogP contribution in [-0.4, -0.2) is 22.2 Å². The molecule has 0 atom stereocenters. The van der Waals surface area contributed by atoms with Gasteiger partial charge in [0, 0.05) is 17.8 Å². The molecule has 3 rings (SSSR count). The summed E-state index contributed by atoms with van der Waals surface area (Å²) in [7, 11) is 1.64. The van der Waals surface area contributed by atoms with Gasteiger partial charge in [-0.1, -0.05) is 18.2 Å². The highest BCUT2D eigenvalue weighted by Crippen LogP contribution is 2.27. The average Bonchev–Trinajstić information content (AvgIpc) is 2.53. The van der Waals surface area contributed by atoms with Crippen LogP contribution in [0.3, 0.4) is 0 Å². The van der Waals surface area contributed by atoms with Crippen LogP contribution in [0.5, 0.6) is 11.5 Å². The number of nitrogens with zero attached hydrogens (tertiary/aromatic N) is 2. The molecule has 0 spiro atoms. The topological polar surface area (TPSA) is 55.2 Å². The van der Waals surface area contributed by atoms with Gasteiger partial charge >= 0.3 is 0 Å². The number of benzene rings is 2. The van der Waals surface area contributed by atoms with Gasteiger partial charge in [-0.05, 0) is 55.3 Å². The minimum atomic E-state index is 0.278. The van der Waals surface area contributed by atoms with Gasteiger partial charge in [0.15, 0.2) is 5.82 Å². The average molecular weight is 320 g/mol. The first kappa shape index (κ1) is 16.0. The Bertz CT molecular complexity index is 855. The Morgan fingerprint density at radius 2 is 1.79 bits per heavy atom. The third kappa shape index (κ3) is 3.54. The van der Waals surface area contributed by atoms with E-state index in [9.17, 15) is 5.11 Å². The second kappa shape index (κ2) is 6.71. The Balaban J connectivity index is 2.00. The molecule has 1 aromatic heterocycles. The van der Waals surface area contributed by atoms with Crippen molar-refractivity contribution in [1.29, 1.82) is 0 Å². The van der Waals surface area contributed by atoms with Gasteiger partial charge < -0.3 is 9.84 Å². The lowest BCUT2D eigenvalue weighted by atomic mass is 10.1. The molecule has 0 saturated carbocycles. The van der Waals surface area contributed by atoms with Crippen LogP contribution in [-0.2, 0) is 6.42 Å². The monoisotopic (exact) mass is 320 g/mol. The van der Waals surface area contributed by atoms with Gasteiger partial charge in [-0.3, -0.25) is 0 Å². The summed E-state index contributed by atoms with van der Waals surface area (Å²) in [5.41, 5.74) is 4.74. The molecule has 4 nitrogen and oxygen atoms in total. The minimum absolute atomic E-state index is 0.278. The fourth-order valence-electron chi connectivity index (χ4n) is 2.83. The first-order chi connectivity index (χ1) is 11.5. The molecule has 0 radical (unpaired) electrons. The number of hydrogen-bond acceptors (Lipinski definition) is 4. The number of aromatic nitrogens is 2. The fraction of sp³-hybridized carbons (Fsp3) is 0.200. The number of para-hydroxylation sites is 1. The molecule has 0 bridgehead atoms. The van der Waals surface area contributed by atoms with E-state index in [1.807, 2.05) is 44.2 Å². The van der Waals surface area contributed by atoms with E-state index in [-0.39, 0.29) is 5.75 Å². The highest BCUT2D eigenvalue weighted by molar-refractivity contribution is 5.64. The summed E-state index contributed by atoms with van der Waals surface area (Å²) in [4.78, 5) is 9.24. The number of phenols is 1. The molecule has 2 aromatic carbocycles. The summed E-state index contributed by atoms with van der Waals surface area (Å²) in [6.07, 6.45) is 0.640. The summed E-state index contributed by atoms with van der Waals surface area (Å²) in [6, 6.07) is 15.3. The molecule has 0 saturated heterocycles. The predicted molar refractivity (Wildman–Crippen MR) is 94.4 cm³/mol. The lowest BCUT2D eigenvalue weighted by Crippen LogP contribution is -2.00. The number of aromatic hydroxyl groups is 1. The molecular weight excluding hydrogens is 300 g/mol. The highest BCUT2D eigenvalue weighted by Gasteiger charge is 2.11. The van der Waals surface area contributed by atoms with E-state index in [4.69, 9.17) is 9.72 Å². The van der Waals surface area contributed by atoms with Crippen molar-refractivity contribution in [3.05, 3.63) is 71.0 Å². The van der Waals surface area contributed by atoms with Crippen LogP contribution in [0, 0.1) is 13.8 Å². The van der Waals surface area contributed by atoms with E-state index in [1.54, 1.807) is 19.2 Å². The number of hydrogen-bond donors (Lipinski definition) is 1. The van der Waals surface area contributed by atoms with Crippen LogP contribution in [0.4, 0.5) is 0 Å². The normalized spacial score (nSPS) is 10.6. The zero-order valence-electron chi connectivity index (χ0n) is 14.1. The quantitative estimate of drug-likeness (QED) is 0.787. The lowest BCUT2D eigenvalue weighted by Gasteiger charge is -2.10. The summed E-state index contributed by atoms with van der Waals surface area (Å²) in [5, 5.41) is 9.78. The number of aryl methyl sites for hydroxylation is 2. The van der Waals surface area contributed by atoms with Crippen LogP contribution in [0.25, 0.3) is 11.4 Å². The smallest absolute Gasteiger partial charge is 0.163 e. The molecule has 0 fully saturated rings. The maximum absolute atomic E-state index is 9.78. The van der Waals surface area contributed by atoms with Crippen molar-refractivity contribution >= 4 is 0 Å². The van der Waals surface area contributed by atoms with Crippen molar-refractivity contribution in [3.63, 3.8) is 0 Å². The van der Waals surface area contributed by atoms with Crippen molar-refractivity contribution in [3.8, 4) is 22.9 Å². The molecule has 122 valence electrons. The van der Waals surface area contributed by atoms with Gasteiger partial charge in [0.05, 0.1) is 12.7 Å². The first-order valence-electron chi connectivity index (χ1n) is 7.82. The van der Waals surface area contributed by atoms with E-state index < -0.39 is 0 Å². The Kier molecular flexibility index (Phi) is 4.47. The van der Waals surface area contributed by atoms with Crippen LogP contribution < -0.4 is 4.74 Å². The molecule has 0 amide bonds. The largest absolute Gasteiger partial charge is 0.508 e. The van der Waals surface area contributed by atoms with Crippen LogP contribution in [0.15, 0.2) is 48.5 Å². The summed E-state index contributed by atoms with van der Waals surface area (Å²) < 4.78 is 5.42. The van der Waals surface area contributed by atoms with Crippen LogP contribution in [0.2, 0.25) is 0 Å². The van der Waals surface area contributed by atoms with Crippen molar-refractivity contribution < 1.29 is 9.84 Å². The molecule has 4 heteroatoms. The van der Waals surface area contributed by atoms with E-state index in [0.717, 1.165) is 33.8 Å². The van der Waals surface area contributed by atoms with Gasteiger partial charge in [-0.15, -0.1) is 0 Å². The highest BCUT2D eigenvalue weighted by atomic mass is 16.5. The first-order valence-corrected chi connectivity index (χ1v) is 7.82. The molecule has 0 aliphatic carbocycles. The maximum Gasteiger partial charge on any atom is 0.163 e. The Hall–Kier alpha value is -2.88. The van der Waals surface area contributed by atoms with Gasteiger partial charge in [-0.25, -0.2) is 9.97 Å². The summed E-state index contributed by atoms with van der Waals surface area (Å²) >= 11 is 0. The summed E-state index contributed by atoms with van der Waals surface area (Å²) in [5.74, 6) is 1.68. The summed E-state index contributed by atoms with van der Waals surface area (Å²) in [6.45, 7) is 3.92. The number of rotatable bonds is 4. The molecule has 0 aliphatic rings. The zero-order valence-corrected chi connectivity index (χ0v) is 14.1. The molecule has 24 heavy (non-hydrogen) atoms. The molecule has 3 aromatic rings. The lowest BCUT2D eigenvalue weighted by molar-refractivity contribution is 0.416. The Morgan fingerprint density at radius 1 is 1.00 bits per heavy atom. The van der Waals surface area contributed by atoms with Crippen LogP contribution >= 0.6 is 0 Å². The number of phenolic OH excluding ortho intramolecular Hbond substituents is 1. The minimum Gasteiger partial charge on any atom is -0.508 e. The maximum atomic E-state index is 9.78. The molecular formula is C20H20N2O2. The Labute approximate surface area is 141 Å². The molecule has 1 heterocycles. The molecule has 0 unspecified atom stereocenters. The van der Waals surface area contributed by atoms with Gasteiger partial charge in [0.25, 0.3) is 0 Å². The van der Waals surface area contributed by atoms with Gasteiger partial charge in [-0.2, -0.15) is 0 Å². The van der Waals surface area contributed by atoms with Crippen molar-refractivity contribution in [1.82, 2.24) is 9.97 Å². The second-order valence-electron chi connectivity index (χ2n) is 5.88. The Morgan fingerprint density at radius 3 is 2.54 bits per heavy atom. The van der Waals surface area contributed by atoms with Crippen molar-refractivity contribution in [2.24, 2.45) is 0 Å². The van der Waals surface area contributed by atoms with Crippen molar-refractivity contribution in [2.45, 2.75) is 20.3 Å². The van der Waals surface area contributed by atoms with E-state index >= 15 is 0 Å². The molecule has 0 aliphatic heterocycles. The zero-order chi connectivity index (χ0) is 17.1. The predicted octanol–water partition coefficient (Wildman–Crippen LogP) is 4.07. The third-order valence-electron chi connectivity index (χ3n) is 3.76. The molecule has 1 N–H and O–H groups in total. The number of ether oxygens (including phenoxy) is 1. The van der Waals surface area contributed by atoms with Gasteiger partial charge in [0.2, 0.25) is 0 Å². The van der Waals surface area contributed by atoms with Gasteiger partial charge in [0.1, 0.15) is 11.5 Å². The standard InChI is InChI=1S/C20H20N2O2/c1-13-8-15(12-17(23)9-13)11-16-10-14(2)21-20(22-16)18-6-4-5-7-19(18)24-3/h4-10,12,23H,11H2,1-3H3. The van der Waals surface area contributed by atoms with Crippen LogP contribution in [0.1, 0.15) is 22.5 Å². The van der Waals surface area contributed by atoms with E-state index in [0.29, 0.717) is 12.2 Å². The third-order valence-corrected chi connectivity index (χ3v) is 3.76.